The molecule has 0 fully saturated rings. The lowest BCUT2D eigenvalue weighted by atomic mass is 10.0. The van der Waals surface area contributed by atoms with Crippen molar-refractivity contribution in [2.24, 2.45) is 5.73 Å². The van der Waals surface area contributed by atoms with E-state index in [9.17, 15) is 23.1 Å². The summed E-state index contributed by atoms with van der Waals surface area (Å²) < 4.78 is 26.2. The van der Waals surface area contributed by atoms with Crippen LogP contribution in [-0.2, 0) is 14.8 Å². The second-order valence-electron chi connectivity index (χ2n) is 7.80. The molecule has 0 bridgehead atoms. The number of nitrogens with zero attached hydrogens (tertiary/aromatic N) is 2. The molecule has 5 N–H and O–H groups in total. The number of pyridine rings is 1. The zero-order valence-electron chi connectivity index (χ0n) is 18.5. The number of benzene rings is 2. The number of hydrogen-bond donors (Lipinski definition) is 4. The summed E-state index contributed by atoms with van der Waals surface area (Å²) in [6, 6.07) is 13.3. The molecular formula is C23H22ClN5O5S. The maximum absolute atomic E-state index is 12.8. The molecule has 10 nitrogen and oxygen atoms in total. The molecule has 12 heteroatoms. The Morgan fingerprint density at radius 2 is 1.83 bits per heavy atom. The average Bonchev–Trinajstić information content (AvgIpc) is 3.19. The van der Waals surface area contributed by atoms with Gasteiger partial charge in [-0.05, 0) is 48.4 Å². The van der Waals surface area contributed by atoms with Crippen LogP contribution in [0.25, 0.3) is 0 Å². The Morgan fingerprint density at radius 3 is 2.40 bits per heavy atom. The number of hydrogen-bond acceptors (Lipinski definition) is 7. The molecule has 0 spiro atoms. The van der Waals surface area contributed by atoms with E-state index in [1.54, 1.807) is 41.3 Å². The number of nitrogens with one attached hydrogen (secondary N) is 2. The van der Waals surface area contributed by atoms with Crippen molar-refractivity contribution in [2.45, 2.75) is 19.1 Å². The van der Waals surface area contributed by atoms with Crippen molar-refractivity contribution in [2.75, 3.05) is 20.7 Å². The van der Waals surface area contributed by atoms with E-state index in [0.29, 0.717) is 21.8 Å². The summed E-state index contributed by atoms with van der Waals surface area (Å²) in [5.74, 6) is -1.74. The van der Waals surface area contributed by atoms with Crippen LogP contribution in [0.1, 0.15) is 40.6 Å². The summed E-state index contributed by atoms with van der Waals surface area (Å²) in [5, 5.41) is 13.5. The third kappa shape index (κ3) is 4.86. The number of carboxylic acids is 1. The fourth-order valence-corrected chi connectivity index (χ4v) is 4.70. The van der Waals surface area contributed by atoms with E-state index in [-0.39, 0.29) is 22.8 Å². The van der Waals surface area contributed by atoms with Crippen molar-refractivity contribution in [3.05, 3.63) is 82.5 Å². The second kappa shape index (κ2) is 9.43. The normalized spacial score (nSPS) is 15.7. The van der Waals surface area contributed by atoms with E-state index in [2.05, 4.69) is 15.0 Å². The van der Waals surface area contributed by atoms with Crippen LogP contribution in [0.3, 0.4) is 0 Å². The molecule has 2 atom stereocenters. The van der Waals surface area contributed by atoms with Gasteiger partial charge in [0.1, 0.15) is 12.2 Å². The smallest absolute Gasteiger partial charge is 0.338 e. The van der Waals surface area contributed by atoms with Gasteiger partial charge in [-0.3, -0.25) is 9.52 Å². The number of carbonyl (C=O) groups is 2. The lowest BCUT2D eigenvalue weighted by Crippen LogP contribution is -2.40. The van der Waals surface area contributed by atoms with Crippen molar-refractivity contribution in [3.8, 4) is 0 Å². The molecule has 0 saturated heterocycles. The van der Waals surface area contributed by atoms with E-state index in [1.807, 2.05) is 0 Å². The van der Waals surface area contributed by atoms with Crippen LogP contribution in [0.2, 0.25) is 5.02 Å². The highest BCUT2D eigenvalue weighted by Gasteiger charge is 2.41. The number of carboxylic acid groups (broad SMARTS) is 1. The molecule has 0 radical (unpaired) electrons. The lowest BCUT2D eigenvalue weighted by Gasteiger charge is -2.34. The number of rotatable bonds is 8. The molecule has 182 valence electrons. The topological polar surface area (TPSA) is 155 Å². The first-order valence-corrected chi connectivity index (χ1v) is 12.6. The highest BCUT2D eigenvalue weighted by Crippen LogP contribution is 2.47. The first-order valence-electron chi connectivity index (χ1n) is 10.5. The molecule has 1 aliphatic rings. The second-order valence-corrected chi connectivity index (χ2v) is 10.2. The Kier molecular flexibility index (Phi) is 6.55. The number of sulfonamides is 1. The largest absolute Gasteiger partial charge is 0.478 e. The molecule has 2 aromatic carbocycles. The molecule has 4 rings (SSSR count). The minimum Gasteiger partial charge on any atom is -0.478 e. The molecule has 0 saturated carbocycles. The monoisotopic (exact) mass is 515 g/mol. The molecule has 1 amide bonds. The van der Waals surface area contributed by atoms with Gasteiger partial charge in [0, 0.05) is 16.9 Å². The van der Waals surface area contributed by atoms with Crippen molar-refractivity contribution in [3.63, 3.8) is 0 Å². The predicted molar refractivity (Wildman–Crippen MR) is 133 cm³/mol. The Hall–Kier alpha value is -3.83. The summed E-state index contributed by atoms with van der Waals surface area (Å²) in [6.45, 7) is 1.52. The van der Waals surface area contributed by atoms with Gasteiger partial charge in [0.25, 0.3) is 0 Å². The fourth-order valence-electron chi connectivity index (χ4n) is 3.94. The first-order chi connectivity index (χ1) is 16.6. The number of halogens is 1. The quantitative estimate of drug-likeness (QED) is 0.356. The fraction of sp³-hybridized carbons (Fsp3) is 0.174. The Bertz CT molecular complexity index is 1380. The summed E-state index contributed by atoms with van der Waals surface area (Å²) in [7, 11) is -3.49. The van der Waals surface area contributed by atoms with Crippen molar-refractivity contribution in [1.82, 2.24) is 4.98 Å². The van der Waals surface area contributed by atoms with Crippen LogP contribution < -0.4 is 20.7 Å². The predicted octanol–water partition coefficient (Wildman–Crippen LogP) is 3.35. The van der Waals surface area contributed by atoms with E-state index >= 15 is 0 Å². The Morgan fingerprint density at radius 1 is 1.17 bits per heavy atom. The summed E-state index contributed by atoms with van der Waals surface area (Å²) in [4.78, 5) is 30.7. The standard InChI is InChI=1S/C23H22ClN5O5S/c1-2-35(33,34)28-16-9-5-13(6-10-16)18(20(25)30)29-19-17(23(31)32)11-12-26-21(19)27-22(29)14-3-7-15(24)8-4-14/h3-12,18,22,28H,2H2,1H3,(H2,25,30)(H,26,27)(H,31,32). The maximum atomic E-state index is 12.8. The number of nitrogens with two attached hydrogens (primary N) is 1. The number of fused-ring (bicyclic) bond motifs is 1. The van der Waals surface area contributed by atoms with Gasteiger partial charge in [0.2, 0.25) is 15.9 Å². The number of primary amides is 1. The van der Waals surface area contributed by atoms with Crippen LogP contribution in [-0.4, -0.2) is 36.1 Å². The minimum absolute atomic E-state index is 0.0578. The molecular weight excluding hydrogens is 494 g/mol. The van der Waals surface area contributed by atoms with Crippen molar-refractivity contribution >= 4 is 50.7 Å². The number of carbonyl (C=O) groups excluding carboxylic acids is 1. The molecule has 2 heterocycles. The molecule has 0 aliphatic carbocycles. The number of aromatic nitrogens is 1. The summed E-state index contributed by atoms with van der Waals surface area (Å²) >= 11 is 6.04. The van der Waals surface area contributed by atoms with Crippen LogP contribution in [0.15, 0.2) is 60.8 Å². The zero-order valence-corrected chi connectivity index (χ0v) is 20.0. The summed E-state index contributed by atoms with van der Waals surface area (Å²) in [6.07, 6.45) is 0.678. The van der Waals surface area contributed by atoms with Crippen LogP contribution in [0.5, 0.6) is 0 Å². The van der Waals surface area contributed by atoms with Gasteiger partial charge in [-0.2, -0.15) is 0 Å². The summed E-state index contributed by atoms with van der Waals surface area (Å²) in [5.41, 5.74) is 7.45. The van der Waals surface area contributed by atoms with Gasteiger partial charge in [0.15, 0.2) is 5.82 Å². The van der Waals surface area contributed by atoms with Gasteiger partial charge in [0.05, 0.1) is 17.0 Å². The third-order valence-corrected chi connectivity index (χ3v) is 7.14. The highest BCUT2D eigenvalue weighted by atomic mass is 35.5. The number of anilines is 3. The van der Waals surface area contributed by atoms with E-state index in [4.69, 9.17) is 17.3 Å². The van der Waals surface area contributed by atoms with E-state index in [1.165, 1.54) is 31.3 Å². The molecule has 3 aromatic rings. The highest BCUT2D eigenvalue weighted by molar-refractivity contribution is 7.92. The van der Waals surface area contributed by atoms with Crippen molar-refractivity contribution < 1.29 is 23.1 Å². The van der Waals surface area contributed by atoms with Gasteiger partial charge in [-0.1, -0.05) is 35.9 Å². The zero-order chi connectivity index (χ0) is 25.3. The SMILES string of the molecule is CCS(=O)(=O)Nc1ccc(C(C(N)=O)N2c3c(C(=O)O)ccnc3NC2c2ccc(Cl)cc2)cc1. The molecule has 35 heavy (non-hydrogen) atoms. The molecule has 1 aromatic heterocycles. The van der Waals surface area contributed by atoms with Gasteiger partial charge >= 0.3 is 5.97 Å². The maximum Gasteiger partial charge on any atom is 0.338 e. The lowest BCUT2D eigenvalue weighted by molar-refractivity contribution is -0.119. The number of amides is 1. The van der Waals surface area contributed by atoms with Crippen molar-refractivity contribution in [1.29, 1.82) is 0 Å². The first kappa shape index (κ1) is 24.3. The van der Waals surface area contributed by atoms with Gasteiger partial charge < -0.3 is 21.1 Å². The Balaban J connectivity index is 1.84. The Labute approximate surface area is 206 Å². The van der Waals surface area contributed by atoms with E-state index < -0.39 is 34.1 Å². The minimum atomic E-state index is -3.49. The third-order valence-electron chi connectivity index (χ3n) is 5.58. The van der Waals surface area contributed by atoms with Gasteiger partial charge in [-0.25, -0.2) is 18.2 Å². The molecule has 1 aliphatic heterocycles. The average molecular weight is 516 g/mol. The molecule has 2 unspecified atom stereocenters. The number of aromatic carboxylic acids is 1. The van der Waals surface area contributed by atoms with Crippen LogP contribution in [0.4, 0.5) is 17.2 Å². The van der Waals surface area contributed by atoms with E-state index in [0.717, 1.165) is 0 Å². The van der Waals surface area contributed by atoms with Gasteiger partial charge in [-0.15, -0.1) is 0 Å². The van der Waals surface area contributed by atoms with Crippen LogP contribution in [0, 0.1) is 0 Å². The van der Waals surface area contributed by atoms with Crippen LogP contribution >= 0.6 is 11.6 Å².